The minimum absolute atomic E-state index is 0.000257. The molecular weight excluding hydrogens is 427 g/mol. The lowest BCUT2D eigenvalue weighted by atomic mass is 9.68. The van der Waals surface area contributed by atoms with Gasteiger partial charge >= 0.3 is 0 Å². The van der Waals surface area contributed by atoms with Crippen molar-refractivity contribution in [2.24, 2.45) is 11.8 Å². The van der Waals surface area contributed by atoms with Gasteiger partial charge in [-0.2, -0.15) is 0 Å². The molecule has 1 aliphatic carbocycles. The van der Waals surface area contributed by atoms with E-state index in [1.165, 1.54) is 11.3 Å². The fraction of sp³-hybridized carbons (Fsp3) is 0.435. The van der Waals surface area contributed by atoms with Crippen LogP contribution >= 0.6 is 34.5 Å². The second-order valence-corrected chi connectivity index (χ2v) is 11.1. The number of aryl methyl sites for hydroxylation is 1. The molecule has 4 atom stereocenters. The molecule has 1 N–H and O–H groups in total. The molecule has 2 aromatic rings. The van der Waals surface area contributed by atoms with Gasteiger partial charge in [0.2, 0.25) is 0 Å². The molecule has 2 bridgehead atoms. The Morgan fingerprint density at radius 1 is 1.14 bits per heavy atom. The molecule has 0 saturated carbocycles. The van der Waals surface area contributed by atoms with Gasteiger partial charge in [-0.15, -0.1) is 11.3 Å². The summed E-state index contributed by atoms with van der Waals surface area (Å²) in [6, 6.07) is 7.83. The summed E-state index contributed by atoms with van der Waals surface area (Å²) in [4.78, 5) is 13.6. The molecule has 6 heteroatoms. The van der Waals surface area contributed by atoms with Crippen molar-refractivity contribution in [3.8, 4) is 11.1 Å². The number of aliphatic hydroxyl groups excluding tert-OH is 1. The fourth-order valence-corrected chi connectivity index (χ4v) is 7.19. The topological polar surface area (TPSA) is 46.5 Å². The Balaban J connectivity index is 1.68. The molecule has 0 radical (unpaired) electrons. The molecule has 1 aromatic heterocycles. The van der Waals surface area contributed by atoms with Gasteiger partial charge in [0.05, 0.1) is 32.9 Å². The van der Waals surface area contributed by atoms with E-state index in [9.17, 15) is 9.90 Å². The van der Waals surface area contributed by atoms with Crippen LogP contribution in [0.4, 0.5) is 0 Å². The Hall–Kier alpha value is -1.33. The normalized spacial score (nSPS) is 33.1. The molecule has 1 unspecified atom stereocenters. The number of aliphatic hydroxyl groups is 1. The molecule has 2 aliphatic heterocycles. The SMILES string of the molecule is CCc1ccc(-c2cc(Cl)sc2Cl)cc1C1=C(O)[C@H]2[C@@H](C1=O)[C@]1(C)CCC2(C)O1. The summed E-state index contributed by atoms with van der Waals surface area (Å²) in [6.07, 6.45) is 2.47. The Bertz CT molecular complexity index is 1090. The van der Waals surface area contributed by atoms with Crippen molar-refractivity contribution < 1.29 is 14.6 Å². The first-order valence-electron chi connectivity index (χ1n) is 9.94. The number of fused-ring (bicyclic) bond motifs is 5. The van der Waals surface area contributed by atoms with Gasteiger partial charge in [0, 0.05) is 5.56 Å². The van der Waals surface area contributed by atoms with Crippen molar-refractivity contribution in [3.63, 3.8) is 0 Å². The summed E-state index contributed by atoms with van der Waals surface area (Å²) in [5.74, 6) is -0.396. The number of carbonyl (C=O) groups is 1. The molecule has 2 saturated heterocycles. The van der Waals surface area contributed by atoms with Gasteiger partial charge in [0.1, 0.15) is 10.1 Å². The number of thiophene rings is 1. The molecule has 3 heterocycles. The van der Waals surface area contributed by atoms with Crippen LogP contribution < -0.4 is 0 Å². The van der Waals surface area contributed by atoms with Gasteiger partial charge in [-0.05, 0) is 61.9 Å². The van der Waals surface area contributed by atoms with E-state index < -0.39 is 11.2 Å². The molecule has 0 spiro atoms. The molecule has 1 aromatic carbocycles. The van der Waals surface area contributed by atoms with E-state index in [0.29, 0.717) is 14.2 Å². The molecule has 2 fully saturated rings. The quantitative estimate of drug-likeness (QED) is 0.567. The molecule has 29 heavy (non-hydrogen) atoms. The van der Waals surface area contributed by atoms with E-state index in [0.717, 1.165) is 41.5 Å². The monoisotopic (exact) mass is 448 g/mol. The maximum atomic E-state index is 13.6. The van der Waals surface area contributed by atoms with Gasteiger partial charge in [0.15, 0.2) is 5.78 Å². The number of ketones is 1. The van der Waals surface area contributed by atoms with Crippen molar-refractivity contribution in [2.45, 2.75) is 51.2 Å². The van der Waals surface area contributed by atoms with E-state index in [4.69, 9.17) is 27.9 Å². The second kappa shape index (κ2) is 6.34. The Kier molecular flexibility index (Phi) is 4.29. The first-order valence-corrected chi connectivity index (χ1v) is 11.5. The number of allylic oxidation sites excluding steroid dienone is 1. The lowest BCUT2D eigenvalue weighted by molar-refractivity contribution is -0.121. The smallest absolute Gasteiger partial charge is 0.173 e. The highest BCUT2D eigenvalue weighted by Crippen LogP contribution is 2.63. The van der Waals surface area contributed by atoms with Crippen LogP contribution in [0.1, 0.15) is 44.7 Å². The summed E-state index contributed by atoms with van der Waals surface area (Å²) in [7, 11) is 0. The number of ether oxygens (including phenoxy) is 1. The predicted molar refractivity (Wildman–Crippen MR) is 118 cm³/mol. The lowest BCUT2D eigenvalue weighted by Gasteiger charge is -2.30. The molecule has 0 amide bonds. The van der Waals surface area contributed by atoms with Crippen LogP contribution in [0.2, 0.25) is 8.67 Å². The molecule has 3 aliphatic rings. The number of carbonyl (C=O) groups excluding carboxylic acids is 1. The fourth-order valence-electron chi connectivity index (χ4n) is 5.68. The highest BCUT2D eigenvalue weighted by atomic mass is 35.5. The maximum Gasteiger partial charge on any atom is 0.173 e. The number of hydrogen-bond donors (Lipinski definition) is 1. The van der Waals surface area contributed by atoms with Gasteiger partial charge in [0.25, 0.3) is 0 Å². The highest BCUT2D eigenvalue weighted by Gasteiger charge is 2.69. The zero-order valence-electron chi connectivity index (χ0n) is 16.5. The van der Waals surface area contributed by atoms with Crippen LogP contribution in [0.5, 0.6) is 0 Å². The van der Waals surface area contributed by atoms with E-state index in [1.807, 2.05) is 38.1 Å². The van der Waals surface area contributed by atoms with Crippen LogP contribution in [0.15, 0.2) is 30.0 Å². The summed E-state index contributed by atoms with van der Waals surface area (Å²) >= 11 is 13.8. The Labute approximate surface area is 184 Å². The standard InChI is InChI=1S/C23H22Cl2O3S/c1-4-11-5-6-12(14-10-15(24)29-21(14)25)9-13(11)16-19(26)17-18(20(16)27)23(3)8-7-22(17,2)28-23/h5-6,9-10,17-18,26H,4,7-8H2,1-3H3/t17-,18+,22?,23+/m1/s1. The largest absolute Gasteiger partial charge is 0.511 e. The summed E-state index contributed by atoms with van der Waals surface area (Å²) in [5, 5.41) is 11.3. The summed E-state index contributed by atoms with van der Waals surface area (Å²) in [6.45, 7) is 6.10. The van der Waals surface area contributed by atoms with Crippen molar-refractivity contribution >= 4 is 45.9 Å². The predicted octanol–water partition coefficient (Wildman–Crippen LogP) is 6.71. The number of hydrogen-bond acceptors (Lipinski definition) is 4. The third-order valence-corrected chi connectivity index (χ3v) is 8.53. The van der Waals surface area contributed by atoms with Crippen LogP contribution in [0.3, 0.4) is 0 Å². The highest BCUT2D eigenvalue weighted by molar-refractivity contribution is 7.20. The van der Waals surface area contributed by atoms with E-state index in [1.54, 1.807) is 0 Å². The van der Waals surface area contributed by atoms with E-state index in [-0.39, 0.29) is 23.4 Å². The van der Waals surface area contributed by atoms with Crippen molar-refractivity contribution in [3.05, 3.63) is 49.8 Å². The van der Waals surface area contributed by atoms with E-state index in [2.05, 4.69) is 6.92 Å². The van der Waals surface area contributed by atoms with Crippen molar-refractivity contribution in [2.75, 3.05) is 0 Å². The van der Waals surface area contributed by atoms with Gasteiger partial charge in [-0.3, -0.25) is 4.79 Å². The molecule has 152 valence electrons. The molecule has 5 rings (SSSR count). The Morgan fingerprint density at radius 2 is 1.83 bits per heavy atom. The zero-order chi connectivity index (χ0) is 20.7. The zero-order valence-corrected chi connectivity index (χ0v) is 18.8. The second-order valence-electron chi connectivity index (χ2n) is 8.77. The lowest BCUT2D eigenvalue weighted by Crippen LogP contribution is -2.39. The van der Waals surface area contributed by atoms with Crippen LogP contribution in [0.25, 0.3) is 16.7 Å². The first kappa shape index (κ1) is 19.6. The molecule has 3 nitrogen and oxygen atoms in total. The number of rotatable bonds is 3. The van der Waals surface area contributed by atoms with Crippen molar-refractivity contribution in [1.82, 2.24) is 0 Å². The average Bonchev–Trinajstić information content (AvgIpc) is 3.33. The minimum Gasteiger partial charge on any atom is -0.511 e. The van der Waals surface area contributed by atoms with Crippen molar-refractivity contribution in [1.29, 1.82) is 0 Å². The summed E-state index contributed by atoms with van der Waals surface area (Å²) < 4.78 is 7.50. The van der Waals surface area contributed by atoms with Gasteiger partial charge in [-0.1, -0.05) is 42.3 Å². The first-order chi connectivity index (χ1) is 13.7. The molecular formula is C23H22Cl2O3S. The number of halogens is 2. The van der Waals surface area contributed by atoms with Crippen LogP contribution in [-0.2, 0) is 16.0 Å². The van der Waals surface area contributed by atoms with E-state index >= 15 is 0 Å². The third-order valence-electron chi connectivity index (χ3n) is 7.04. The summed E-state index contributed by atoms with van der Waals surface area (Å²) in [5.41, 5.74) is 3.05. The van der Waals surface area contributed by atoms with Crippen LogP contribution in [-0.4, -0.2) is 22.1 Å². The van der Waals surface area contributed by atoms with Crippen LogP contribution in [0, 0.1) is 11.8 Å². The minimum atomic E-state index is -0.500. The number of benzene rings is 1. The Morgan fingerprint density at radius 3 is 2.41 bits per heavy atom. The van der Waals surface area contributed by atoms with Gasteiger partial charge < -0.3 is 9.84 Å². The number of Topliss-reactive ketones (excluding diaryl/α,β-unsaturated/α-hetero) is 1. The van der Waals surface area contributed by atoms with Gasteiger partial charge in [-0.25, -0.2) is 0 Å². The maximum absolute atomic E-state index is 13.6. The average molecular weight is 449 g/mol. The third kappa shape index (κ3) is 2.62.